The molecule has 20 heavy (non-hydrogen) atoms. The van der Waals surface area contributed by atoms with Crippen molar-refractivity contribution in [1.29, 1.82) is 0 Å². The lowest BCUT2D eigenvalue weighted by Crippen LogP contribution is -1.94. The largest absolute Gasteiger partial charge is 0.494 e. The summed E-state index contributed by atoms with van der Waals surface area (Å²) in [7, 11) is 0. The lowest BCUT2D eigenvalue weighted by Gasteiger charge is -2.04. The Balaban J connectivity index is 1.90. The summed E-state index contributed by atoms with van der Waals surface area (Å²) in [6.07, 6.45) is 5.05. The van der Waals surface area contributed by atoms with Gasteiger partial charge in [0.1, 0.15) is 11.4 Å². The third-order valence-corrected chi connectivity index (χ3v) is 3.51. The highest BCUT2D eigenvalue weighted by Gasteiger charge is 2.05. The zero-order chi connectivity index (χ0) is 13.9. The van der Waals surface area contributed by atoms with E-state index in [0.29, 0.717) is 0 Å². The van der Waals surface area contributed by atoms with E-state index < -0.39 is 0 Å². The van der Waals surface area contributed by atoms with Gasteiger partial charge in [-0.1, -0.05) is 6.92 Å². The number of hydrogen-bond acceptors (Lipinski definition) is 2. The van der Waals surface area contributed by atoms with Crippen LogP contribution < -0.4 is 4.74 Å². The van der Waals surface area contributed by atoms with Crippen LogP contribution in [0.15, 0.2) is 53.3 Å². The Morgan fingerprint density at radius 3 is 2.65 bits per heavy atom. The van der Waals surface area contributed by atoms with Crippen LogP contribution in [-0.4, -0.2) is 16.0 Å². The van der Waals surface area contributed by atoms with Crippen LogP contribution in [0.5, 0.6) is 5.75 Å². The summed E-state index contributed by atoms with van der Waals surface area (Å²) in [5, 5.41) is 0. The molecule has 3 rings (SSSR count). The van der Waals surface area contributed by atoms with Crippen LogP contribution in [0, 0.1) is 0 Å². The number of nitrogens with zero attached hydrogens (tertiary/aromatic N) is 2. The second-order valence-electron chi connectivity index (χ2n) is 4.61. The van der Waals surface area contributed by atoms with Gasteiger partial charge in [0, 0.05) is 22.4 Å². The molecule has 4 heteroatoms. The molecule has 0 atom stereocenters. The zero-order valence-corrected chi connectivity index (χ0v) is 12.8. The van der Waals surface area contributed by atoms with Crippen molar-refractivity contribution in [3.8, 4) is 17.0 Å². The molecule has 0 N–H and O–H groups in total. The summed E-state index contributed by atoms with van der Waals surface area (Å²) in [5.41, 5.74) is 2.99. The van der Waals surface area contributed by atoms with Gasteiger partial charge in [0.2, 0.25) is 0 Å². The number of halogens is 1. The quantitative estimate of drug-likeness (QED) is 0.701. The van der Waals surface area contributed by atoms with E-state index in [2.05, 4.69) is 27.8 Å². The van der Waals surface area contributed by atoms with Crippen LogP contribution in [0.2, 0.25) is 0 Å². The van der Waals surface area contributed by atoms with Gasteiger partial charge in [0.25, 0.3) is 0 Å². The minimum atomic E-state index is 0.752. The average molecular weight is 331 g/mol. The lowest BCUT2D eigenvalue weighted by molar-refractivity contribution is 0.317. The summed E-state index contributed by atoms with van der Waals surface area (Å²) in [5.74, 6) is 0.905. The highest BCUT2D eigenvalue weighted by atomic mass is 79.9. The Kier molecular flexibility index (Phi) is 3.74. The van der Waals surface area contributed by atoms with Gasteiger partial charge in [-0.25, -0.2) is 4.98 Å². The first-order valence-corrected chi connectivity index (χ1v) is 7.43. The highest BCUT2D eigenvalue weighted by Crippen LogP contribution is 2.23. The summed E-state index contributed by atoms with van der Waals surface area (Å²) in [6, 6.07) is 12.1. The standard InChI is InChI=1S/C16H15BrN2O/c1-2-9-20-14-6-3-12(4-7-14)15-11-19-10-13(17)5-8-16(19)18-15/h3-8,10-11H,2,9H2,1H3. The number of imidazole rings is 1. The van der Waals surface area contributed by atoms with Gasteiger partial charge in [0.15, 0.2) is 0 Å². The van der Waals surface area contributed by atoms with E-state index in [1.54, 1.807) is 0 Å². The van der Waals surface area contributed by atoms with E-state index in [4.69, 9.17) is 4.74 Å². The summed E-state index contributed by atoms with van der Waals surface area (Å²) >= 11 is 3.47. The van der Waals surface area contributed by atoms with Gasteiger partial charge < -0.3 is 9.14 Å². The smallest absolute Gasteiger partial charge is 0.137 e. The third kappa shape index (κ3) is 2.70. The van der Waals surface area contributed by atoms with Crippen molar-refractivity contribution < 1.29 is 4.74 Å². The first kappa shape index (κ1) is 13.2. The van der Waals surface area contributed by atoms with Gasteiger partial charge >= 0.3 is 0 Å². The van der Waals surface area contributed by atoms with E-state index in [-0.39, 0.29) is 0 Å². The molecule has 0 unspecified atom stereocenters. The third-order valence-electron chi connectivity index (χ3n) is 3.04. The maximum atomic E-state index is 5.59. The Bertz CT molecular complexity index is 719. The van der Waals surface area contributed by atoms with E-state index in [9.17, 15) is 0 Å². The SMILES string of the molecule is CCCOc1ccc(-c2cn3cc(Br)ccc3n2)cc1. The number of hydrogen-bond donors (Lipinski definition) is 0. The molecule has 2 heterocycles. The molecule has 3 aromatic rings. The fourth-order valence-corrected chi connectivity index (χ4v) is 2.40. The minimum absolute atomic E-state index is 0.752. The molecule has 0 saturated carbocycles. The normalized spacial score (nSPS) is 10.9. The van der Waals surface area contributed by atoms with Crippen molar-refractivity contribution in [3.05, 3.63) is 53.3 Å². The van der Waals surface area contributed by atoms with Crippen molar-refractivity contribution in [2.75, 3.05) is 6.61 Å². The fourth-order valence-electron chi connectivity index (χ4n) is 2.05. The lowest BCUT2D eigenvalue weighted by atomic mass is 10.2. The van der Waals surface area contributed by atoms with Crippen molar-refractivity contribution in [2.45, 2.75) is 13.3 Å². The Hall–Kier alpha value is -1.81. The first-order valence-electron chi connectivity index (χ1n) is 6.64. The highest BCUT2D eigenvalue weighted by molar-refractivity contribution is 9.10. The zero-order valence-electron chi connectivity index (χ0n) is 11.2. The van der Waals surface area contributed by atoms with E-state index in [0.717, 1.165) is 40.2 Å². The van der Waals surface area contributed by atoms with Gasteiger partial charge in [-0.2, -0.15) is 0 Å². The molecule has 0 aliphatic heterocycles. The van der Waals surface area contributed by atoms with Crippen LogP contribution in [0.4, 0.5) is 0 Å². The number of pyridine rings is 1. The summed E-state index contributed by atoms with van der Waals surface area (Å²) in [4.78, 5) is 4.62. The number of ether oxygens (including phenoxy) is 1. The van der Waals surface area contributed by atoms with E-state index >= 15 is 0 Å². The maximum Gasteiger partial charge on any atom is 0.137 e. The van der Waals surface area contributed by atoms with Crippen molar-refractivity contribution in [2.24, 2.45) is 0 Å². The van der Waals surface area contributed by atoms with Crippen molar-refractivity contribution in [3.63, 3.8) is 0 Å². The van der Waals surface area contributed by atoms with E-state index in [1.165, 1.54) is 0 Å². The number of fused-ring (bicyclic) bond motifs is 1. The predicted molar refractivity (Wildman–Crippen MR) is 84.1 cm³/mol. The van der Waals surface area contributed by atoms with Gasteiger partial charge in [-0.3, -0.25) is 0 Å². The van der Waals surface area contributed by atoms with Crippen LogP contribution in [-0.2, 0) is 0 Å². The Morgan fingerprint density at radius 2 is 1.90 bits per heavy atom. The van der Waals surface area contributed by atoms with Crippen molar-refractivity contribution in [1.82, 2.24) is 9.38 Å². The van der Waals surface area contributed by atoms with Crippen molar-refractivity contribution >= 4 is 21.6 Å². The van der Waals surface area contributed by atoms with Crippen LogP contribution in [0.25, 0.3) is 16.9 Å². The molecular formula is C16H15BrN2O. The predicted octanol–water partition coefficient (Wildman–Crippen LogP) is 4.55. The van der Waals surface area contributed by atoms with Crippen LogP contribution in [0.3, 0.4) is 0 Å². The molecule has 0 aliphatic rings. The molecular weight excluding hydrogens is 316 g/mol. The molecule has 102 valence electrons. The molecule has 0 bridgehead atoms. The molecule has 0 spiro atoms. The van der Waals surface area contributed by atoms with Crippen LogP contribution >= 0.6 is 15.9 Å². The molecule has 1 aromatic carbocycles. The number of rotatable bonds is 4. The van der Waals surface area contributed by atoms with Gasteiger partial charge in [-0.05, 0) is 58.7 Å². The second-order valence-corrected chi connectivity index (χ2v) is 5.53. The average Bonchev–Trinajstić information content (AvgIpc) is 2.88. The van der Waals surface area contributed by atoms with Gasteiger partial charge in [-0.15, -0.1) is 0 Å². The monoisotopic (exact) mass is 330 g/mol. The molecule has 0 amide bonds. The molecule has 0 aliphatic carbocycles. The molecule has 2 aromatic heterocycles. The number of aromatic nitrogens is 2. The summed E-state index contributed by atoms with van der Waals surface area (Å²) in [6.45, 7) is 2.85. The van der Waals surface area contributed by atoms with E-state index in [1.807, 2.05) is 53.2 Å². The maximum absolute atomic E-state index is 5.59. The molecule has 0 fully saturated rings. The second kappa shape index (κ2) is 5.67. The topological polar surface area (TPSA) is 26.5 Å². The first-order chi connectivity index (χ1) is 9.76. The molecule has 0 saturated heterocycles. The van der Waals surface area contributed by atoms with Crippen LogP contribution in [0.1, 0.15) is 13.3 Å². The minimum Gasteiger partial charge on any atom is -0.494 e. The Labute approximate surface area is 126 Å². The fraction of sp³-hybridized carbons (Fsp3) is 0.188. The number of benzene rings is 1. The van der Waals surface area contributed by atoms with Gasteiger partial charge in [0.05, 0.1) is 12.3 Å². The molecule has 3 nitrogen and oxygen atoms in total. The molecule has 0 radical (unpaired) electrons. The Morgan fingerprint density at radius 1 is 1.10 bits per heavy atom. The summed E-state index contributed by atoms with van der Waals surface area (Å²) < 4.78 is 8.64.